The molecule has 2 rings (SSSR count). The summed E-state index contributed by atoms with van der Waals surface area (Å²) in [4.78, 5) is 0. The van der Waals surface area contributed by atoms with Gasteiger partial charge >= 0.3 is 0 Å². The summed E-state index contributed by atoms with van der Waals surface area (Å²) in [5, 5.41) is 3.77. The van der Waals surface area contributed by atoms with Gasteiger partial charge in [-0.25, -0.2) is 0 Å². The molecule has 0 aromatic carbocycles. The zero-order valence-corrected chi connectivity index (χ0v) is 14.2. The van der Waals surface area contributed by atoms with Crippen LogP contribution in [0.15, 0.2) is 0 Å². The summed E-state index contributed by atoms with van der Waals surface area (Å²) in [6.45, 7) is 8.49. The first-order valence-corrected chi connectivity index (χ1v) is 9.15. The highest BCUT2D eigenvalue weighted by Gasteiger charge is 2.38. The van der Waals surface area contributed by atoms with Crippen molar-refractivity contribution in [2.45, 2.75) is 83.3 Å². The molecule has 0 amide bonds. The Kier molecular flexibility index (Phi) is 7.48. The van der Waals surface area contributed by atoms with Gasteiger partial charge < -0.3 is 14.8 Å². The third kappa shape index (κ3) is 6.25. The highest BCUT2D eigenvalue weighted by Crippen LogP contribution is 2.34. The van der Waals surface area contributed by atoms with E-state index in [-0.39, 0.29) is 5.60 Å². The summed E-state index contributed by atoms with van der Waals surface area (Å²) < 4.78 is 11.6. The second-order valence-corrected chi connectivity index (χ2v) is 7.38. The maximum atomic E-state index is 6.10. The monoisotopic (exact) mass is 297 g/mol. The molecule has 124 valence electrons. The lowest BCUT2D eigenvalue weighted by Gasteiger charge is -2.43. The summed E-state index contributed by atoms with van der Waals surface area (Å²) in [6, 6.07) is 0.660. The number of rotatable bonds is 8. The van der Waals surface area contributed by atoms with Gasteiger partial charge in [-0.15, -0.1) is 0 Å². The molecule has 0 aromatic heterocycles. The minimum atomic E-state index is 0.130. The number of hydrogen-bond acceptors (Lipinski definition) is 3. The first-order valence-electron chi connectivity index (χ1n) is 9.15. The maximum absolute atomic E-state index is 6.10. The molecule has 2 heterocycles. The van der Waals surface area contributed by atoms with E-state index in [1.807, 2.05) is 0 Å². The van der Waals surface area contributed by atoms with Crippen LogP contribution < -0.4 is 5.32 Å². The third-order valence-electron chi connectivity index (χ3n) is 5.04. The van der Waals surface area contributed by atoms with E-state index in [2.05, 4.69) is 19.2 Å². The van der Waals surface area contributed by atoms with Crippen LogP contribution in [0.25, 0.3) is 0 Å². The Hall–Kier alpha value is -0.120. The standard InChI is InChI=1S/C18H35NO2/c1-16(2)7-5-3-4-6-11-19-17-8-12-21-18(15-17)9-13-20-14-10-18/h16-17,19H,3-15H2,1-2H3. The fourth-order valence-corrected chi connectivity index (χ4v) is 3.63. The minimum absolute atomic E-state index is 0.130. The Morgan fingerprint density at radius 2 is 1.81 bits per heavy atom. The van der Waals surface area contributed by atoms with Crippen molar-refractivity contribution < 1.29 is 9.47 Å². The third-order valence-corrected chi connectivity index (χ3v) is 5.04. The number of hydrogen-bond donors (Lipinski definition) is 1. The lowest BCUT2D eigenvalue weighted by atomic mass is 9.84. The molecule has 1 N–H and O–H groups in total. The van der Waals surface area contributed by atoms with Gasteiger partial charge in [0.1, 0.15) is 0 Å². The Labute approximate surface area is 131 Å². The van der Waals surface area contributed by atoms with Crippen molar-refractivity contribution in [2.75, 3.05) is 26.4 Å². The largest absolute Gasteiger partial charge is 0.381 e. The van der Waals surface area contributed by atoms with E-state index in [0.717, 1.165) is 38.6 Å². The molecule has 2 saturated heterocycles. The quantitative estimate of drug-likeness (QED) is 0.689. The van der Waals surface area contributed by atoms with Crippen LogP contribution in [0.3, 0.4) is 0 Å². The van der Waals surface area contributed by atoms with E-state index in [9.17, 15) is 0 Å². The molecular weight excluding hydrogens is 262 g/mol. The molecule has 0 bridgehead atoms. The molecule has 0 radical (unpaired) electrons. The summed E-state index contributed by atoms with van der Waals surface area (Å²) in [7, 11) is 0. The van der Waals surface area contributed by atoms with E-state index in [1.54, 1.807) is 0 Å². The average molecular weight is 297 g/mol. The first kappa shape index (κ1) is 17.2. The lowest BCUT2D eigenvalue weighted by molar-refractivity contribution is -0.140. The van der Waals surface area contributed by atoms with Gasteiger partial charge in [0.15, 0.2) is 0 Å². The van der Waals surface area contributed by atoms with Gasteiger partial charge in [0, 0.05) is 25.9 Å². The normalized spacial score (nSPS) is 25.6. The Bertz CT molecular complexity index is 269. The number of ether oxygens (including phenoxy) is 2. The number of nitrogens with one attached hydrogen (secondary N) is 1. The van der Waals surface area contributed by atoms with Crippen LogP contribution in [0.1, 0.15) is 71.6 Å². The summed E-state index contributed by atoms with van der Waals surface area (Å²) in [6.07, 6.45) is 11.4. The van der Waals surface area contributed by atoms with Crippen LogP contribution in [0, 0.1) is 5.92 Å². The molecule has 3 nitrogen and oxygen atoms in total. The Morgan fingerprint density at radius 1 is 1.05 bits per heavy atom. The zero-order chi connectivity index (χ0) is 15.0. The summed E-state index contributed by atoms with van der Waals surface area (Å²) in [5.74, 6) is 0.862. The molecule has 2 aliphatic rings. The van der Waals surface area contributed by atoms with Gasteiger partial charge in [0.2, 0.25) is 0 Å². The van der Waals surface area contributed by atoms with E-state index in [0.29, 0.717) is 6.04 Å². The molecule has 2 aliphatic heterocycles. The van der Waals surface area contributed by atoms with Crippen molar-refractivity contribution in [3.63, 3.8) is 0 Å². The minimum Gasteiger partial charge on any atom is -0.381 e. The van der Waals surface area contributed by atoms with Gasteiger partial charge in [-0.05, 0) is 44.6 Å². The molecule has 0 aliphatic carbocycles. The van der Waals surface area contributed by atoms with E-state index < -0.39 is 0 Å². The van der Waals surface area contributed by atoms with E-state index in [4.69, 9.17) is 9.47 Å². The van der Waals surface area contributed by atoms with Crippen molar-refractivity contribution in [1.29, 1.82) is 0 Å². The molecule has 21 heavy (non-hydrogen) atoms. The first-order chi connectivity index (χ1) is 10.2. The summed E-state index contributed by atoms with van der Waals surface area (Å²) >= 11 is 0. The predicted octanol–water partition coefficient (Wildman–Crippen LogP) is 3.91. The lowest BCUT2D eigenvalue weighted by Crippen LogP contribution is -2.50. The Morgan fingerprint density at radius 3 is 2.57 bits per heavy atom. The fourth-order valence-electron chi connectivity index (χ4n) is 3.63. The van der Waals surface area contributed by atoms with Gasteiger partial charge in [-0.2, -0.15) is 0 Å². The van der Waals surface area contributed by atoms with E-state index in [1.165, 1.54) is 51.5 Å². The van der Waals surface area contributed by atoms with Gasteiger partial charge in [-0.3, -0.25) is 0 Å². The molecular formula is C18H35NO2. The van der Waals surface area contributed by atoms with Crippen molar-refractivity contribution in [1.82, 2.24) is 5.32 Å². The van der Waals surface area contributed by atoms with Crippen LogP contribution in [0.4, 0.5) is 0 Å². The van der Waals surface area contributed by atoms with Gasteiger partial charge in [0.05, 0.1) is 5.60 Å². The highest BCUT2D eigenvalue weighted by molar-refractivity contribution is 4.91. The molecule has 1 spiro atoms. The molecule has 2 fully saturated rings. The van der Waals surface area contributed by atoms with Gasteiger partial charge in [-0.1, -0.05) is 39.5 Å². The molecule has 3 heteroatoms. The fraction of sp³-hybridized carbons (Fsp3) is 1.00. The number of unbranched alkanes of at least 4 members (excludes halogenated alkanes) is 3. The van der Waals surface area contributed by atoms with Crippen molar-refractivity contribution in [2.24, 2.45) is 5.92 Å². The van der Waals surface area contributed by atoms with Crippen LogP contribution in [-0.4, -0.2) is 38.0 Å². The van der Waals surface area contributed by atoms with Crippen molar-refractivity contribution in [3.05, 3.63) is 0 Å². The topological polar surface area (TPSA) is 30.5 Å². The Balaban J connectivity index is 1.54. The van der Waals surface area contributed by atoms with Crippen LogP contribution in [0.2, 0.25) is 0 Å². The predicted molar refractivity (Wildman–Crippen MR) is 87.7 cm³/mol. The maximum Gasteiger partial charge on any atom is 0.0741 e. The van der Waals surface area contributed by atoms with Crippen LogP contribution in [-0.2, 0) is 9.47 Å². The highest BCUT2D eigenvalue weighted by atomic mass is 16.5. The SMILES string of the molecule is CC(C)CCCCCCNC1CCOC2(CCOCC2)C1. The second kappa shape index (κ2) is 9.12. The van der Waals surface area contributed by atoms with E-state index >= 15 is 0 Å². The molecule has 1 unspecified atom stereocenters. The molecule has 1 atom stereocenters. The van der Waals surface area contributed by atoms with Gasteiger partial charge in [0.25, 0.3) is 0 Å². The van der Waals surface area contributed by atoms with Crippen molar-refractivity contribution >= 4 is 0 Å². The van der Waals surface area contributed by atoms with Crippen LogP contribution in [0.5, 0.6) is 0 Å². The average Bonchev–Trinajstić information content (AvgIpc) is 2.47. The molecule has 0 aromatic rings. The second-order valence-electron chi connectivity index (χ2n) is 7.38. The smallest absolute Gasteiger partial charge is 0.0741 e. The van der Waals surface area contributed by atoms with Crippen molar-refractivity contribution in [3.8, 4) is 0 Å². The molecule has 0 saturated carbocycles. The summed E-state index contributed by atoms with van der Waals surface area (Å²) in [5.41, 5.74) is 0.130. The zero-order valence-electron chi connectivity index (χ0n) is 14.2. The van der Waals surface area contributed by atoms with Crippen LogP contribution >= 0.6 is 0 Å².